The first-order valence-corrected chi connectivity index (χ1v) is 9.22. The Morgan fingerprint density at radius 2 is 1.84 bits per heavy atom. The van der Waals surface area contributed by atoms with Gasteiger partial charge in [0.2, 0.25) is 0 Å². The van der Waals surface area contributed by atoms with Crippen LogP contribution in [0, 0.1) is 19.8 Å². The van der Waals surface area contributed by atoms with Crippen molar-refractivity contribution in [1.29, 1.82) is 0 Å². The molecule has 0 radical (unpaired) electrons. The number of carbonyl (C=O) groups is 1. The van der Waals surface area contributed by atoms with E-state index in [4.69, 9.17) is 0 Å². The van der Waals surface area contributed by atoms with E-state index in [9.17, 15) is 4.79 Å². The van der Waals surface area contributed by atoms with Crippen LogP contribution in [-0.4, -0.2) is 39.1 Å². The molecule has 1 aliphatic heterocycles. The minimum Gasteiger partial charge on any atom is -0.333 e. The highest BCUT2D eigenvalue weighted by molar-refractivity contribution is 5.77. The van der Waals surface area contributed by atoms with Crippen molar-refractivity contribution in [1.82, 2.24) is 19.8 Å². The van der Waals surface area contributed by atoms with Gasteiger partial charge < -0.3 is 14.8 Å². The topological polar surface area (TPSA) is 50.2 Å². The number of aryl methyl sites for hydroxylation is 2. The van der Waals surface area contributed by atoms with Crippen LogP contribution >= 0.6 is 0 Å². The molecule has 0 aliphatic carbocycles. The van der Waals surface area contributed by atoms with Crippen LogP contribution in [0.5, 0.6) is 0 Å². The number of imidazole rings is 1. The highest BCUT2D eigenvalue weighted by atomic mass is 16.2. The SMILES string of the molecule is Cc1cc2ncn(CC3CCN(C(=O)NC(C)(C)C)CC3)c2cc1C. The van der Waals surface area contributed by atoms with Crippen LogP contribution in [0.4, 0.5) is 4.79 Å². The lowest BCUT2D eigenvalue weighted by Gasteiger charge is -2.34. The molecular formula is C20H30N4O. The highest BCUT2D eigenvalue weighted by Crippen LogP contribution is 2.23. The van der Waals surface area contributed by atoms with E-state index in [2.05, 4.69) is 40.8 Å². The van der Waals surface area contributed by atoms with Gasteiger partial charge in [-0.3, -0.25) is 0 Å². The number of hydrogen-bond acceptors (Lipinski definition) is 2. The summed E-state index contributed by atoms with van der Waals surface area (Å²) in [6.07, 6.45) is 4.05. The molecule has 1 aromatic carbocycles. The third-order valence-corrected chi connectivity index (χ3v) is 5.08. The van der Waals surface area contributed by atoms with E-state index in [1.807, 2.05) is 32.0 Å². The molecule has 0 bridgehead atoms. The van der Waals surface area contributed by atoms with Crippen molar-refractivity contribution < 1.29 is 4.79 Å². The number of aromatic nitrogens is 2. The molecule has 2 aromatic rings. The maximum Gasteiger partial charge on any atom is 0.317 e. The number of fused-ring (bicyclic) bond motifs is 1. The molecule has 1 aliphatic rings. The van der Waals surface area contributed by atoms with Gasteiger partial charge in [0, 0.05) is 25.2 Å². The molecule has 1 N–H and O–H groups in total. The van der Waals surface area contributed by atoms with Crippen molar-refractivity contribution in [3.63, 3.8) is 0 Å². The summed E-state index contributed by atoms with van der Waals surface area (Å²) in [6.45, 7) is 13.0. The van der Waals surface area contributed by atoms with Gasteiger partial charge in [-0.15, -0.1) is 0 Å². The Morgan fingerprint density at radius 1 is 1.20 bits per heavy atom. The Morgan fingerprint density at radius 3 is 2.48 bits per heavy atom. The Kier molecular flexibility index (Phi) is 4.76. The van der Waals surface area contributed by atoms with E-state index in [1.54, 1.807) is 0 Å². The molecule has 5 nitrogen and oxygen atoms in total. The van der Waals surface area contributed by atoms with E-state index < -0.39 is 0 Å². The Bertz CT molecular complexity index is 764. The average molecular weight is 342 g/mol. The van der Waals surface area contributed by atoms with E-state index in [-0.39, 0.29) is 11.6 Å². The number of nitrogens with one attached hydrogen (secondary N) is 1. The average Bonchev–Trinajstić information content (AvgIpc) is 2.89. The van der Waals surface area contributed by atoms with E-state index >= 15 is 0 Å². The van der Waals surface area contributed by atoms with Crippen LogP contribution in [0.25, 0.3) is 11.0 Å². The fourth-order valence-electron chi connectivity index (χ4n) is 3.46. The van der Waals surface area contributed by atoms with Crippen molar-refractivity contribution in [2.24, 2.45) is 5.92 Å². The lowest BCUT2D eigenvalue weighted by atomic mass is 9.96. The first-order valence-electron chi connectivity index (χ1n) is 9.22. The number of hydrogen-bond donors (Lipinski definition) is 1. The summed E-state index contributed by atoms with van der Waals surface area (Å²) in [7, 11) is 0. The van der Waals surface area contributed by atoms with Crippen molar-refractivity contribution >= 4 is 17.1 Å². The van der Waals surface area contributed by atoms with Crippen LogP contribution in [-0.2, 0) is 6.54 Å². The summed E-state index contributed by atoms with van der Waals surface area (Å²) in [6, 6.07) is 4.47. The molecule has 1 fully saturated rings. The highest BCUT2D eigenvalue weighted by Gasteiger charge is 2.25. The van der Waals surface area contributed by atoms with Crippen LogP contribution in [0.3, 0.4) is 0 Å². The van der Waals surface area contributed by atoms with Gasteiger partial charge in [-0.2, -0.15) is 0 Å². The van der Waals surface area contributed by atoms with Gasteiger partial charge in [-0.25, -0.2) is 9.78 Å². The lowest BCUT2D eigenvalue weighted by Crippen LogP contribution is -2.50. The molecule has 25 heavy (non-hydrogen) atoms. The minimum atomic E-state index is -0.181. The zero-order valence-corrected chi connectivity index (χ0v) is 16.1. The van der Waals surface area contributed by atoms with Crippen LogP contribution in [0.15, 0.2) is 18.5 Å². The molecule has 0 atom stereocenters. The Hall–Kier alpha value is -2.04. The summed E-state index contributed by atoms with van der Waals surface area (Å²) in [5, 5.41) is 3.06. The number of amides is 2. The molecule has 1 aromatic heterocycles. The summed E-state index contributed by atoms with van der Waals surface area (Å²) in [4.78, 5) is 18.8. The summed E-state index contributed by atoms with van der Waals surface area (Å²) < 4.78 is 2.28. The first-order chi connectivity index (χ1) is 11.7. The first kappa shape index (κ1) is 17.8. The van der Waals surface area contributed by atoms with Gasteiger partial charge >= 0.3 is 6.03 Å². The number of benzene rings is 1. The number of nitrogens with zero attached hydrogens (tertiary/aromatic N) is 3. The zero-order chi connectivity index (χ0) is 18.2. The third kappa shape index (κ3) is 4.14. The lowest BCUT2D eigenvalue weighted by molar-refractivity contribution is 0.159. The molecule has 1 saturated heterocycles. The van der Waals surface area contributed by atoms with Crippen LogP contribution in [0.2, 0.25) is 0 Å². The molecule has 0 saturated carbocycles. The number of urea groups is 1. The number of carbonyl (C=O) groups excluding carboxylic acids is 1. The summed E-state index contributed by atoms with van der Waals surface area (Å²) in [5.41, 5.74) is 4.71. The minimum absolute atomic E-state index is 0.0603. The maximum absolute atomic E-state index is 12.3. The standard InChI is InChI=1S/C20H30N4O/c1-14-10-17-18(11-15(14)2)24(13-21-17)12-16-6-8-23(9-7-16)19(25)22-20(3,4)5/h10-11,13,16H,6-9,12H2,1-5H3,(H,22,25). The quantitative estimate of drug-likeness (QED) is 0.900. The van der Waals surface area contributed by atoms with Crippen LogP contribution < -0.4 is 5.32 Å². The summed E-state index contributed by atoms with van der Waals surface area (Å²) in [5.74, 6) is 0.595. The molecule has 0 spiro atoms. The smallest absolute Gasteiger partial charge is 0.317 e. The van der Waals surface area contributed by atoms with Gasteiger partial charge in [0.25, 0.3) is 0 Å². The van der Waals surface area contributed by atoms with Gasteiger partial charge in [-0.1, -0.05) is 0 Å². The second-order valence-electron chi connectivity index (χ2n) is 8.43. The van der Waals surface area contributed by atoms with E-state index in [0.717, 1.165) is 38.0 Å². The monoisotopic (exact) mass is 342 g/mol. The van der Waals surface area contributed by atoms with Crippen molar-refractivity contribution in [2.45, 2.75) is 59.5 Å². The molecule has 5 heteroatoms. The van der Waals surface area contributed by atoms with Gasteiger partial charge in [0.1, 0.15) is 0 Å². The fraction of sp³-hybridized carbons (Fsp3) is 0.600. The van der Waals surface area contributed by atoms with Gasteiger partial charge in [-0.05, 0) is 76.6 Å². The van der Waals surface area contributed by atoms with Crippen molar-refractivity contribution in [2.75, 3.05) is 13.1 Å². The van der Waals surface area contributed by atoms with Gasteiger partial charge in [0.05, 0.1) is 17.4 Å². The normalized spacial score (nSPS) is 16.4. The second kappa shape index (κ2) is 6.70. The van der Waals surface area contributed by atoms with Crippen LogP contribution in [0.1, 0.15) is 44.7 Å². The second-order valence-corrected chi connectivity index (χ2v) is 8.43. The van der Waals surface area contributed by atoms with E-state index in [0.29, 0.717) is 5.92 Å². The molecule has 0 unspecified atom stereocenters. The molecule has 2 heterocycles. The van der Waals surface area contributed by atoms with Crippen molar-refractivity contribution in [3.05, 3.63) is 29.6 Å². The predicted octanol–water partition coefficient (Wildman–Crippen LogP) is 3.87. The maximum atomic E-state index is 12.3. The Balaban J connectivity index is 1.61. The molecule has 3 rings (SSSR count). The third-order valence-electron chi connectivity index (χ3n) is 5.08. The number of likely N-dealkylation sites (tertiary alicyclic amines) is 1. The van der Waals surface area contributed by atoms with Gasteiger partial charge in [0.15, 0.2) is 0 Å². The fourth-order valence-corrected chi connectivity index (χ4v) is 3.46. The molecule has 136 valence electrons. The zero-order valence-electron chi connectivity index (χ0n) is 16.1. The summed E-state index contributed by atoms with van der Waals surface area (Å²) >= 11 is 0. The number of piperidine rings is 1. The predicted molar refractivity (Wildman–Crippen MR) is 102 cm³/mol. The van der Waals surface area contributed by atoms with E-state index in [1.165, 1.54) is 16.6 Å². The molecular weight excluding hydrogens is 312 g/mol. The largest absolute Gasteiger partial charge is 0.333 e. The van der Waals surface area contributed by atoms with Crippen molar-refractivity contribution in [3.8, 4) is 0 Å². The molecule has 2 amide bonds. The number of rotatable bonds is 2. The Labute approximate surface area is 150 Å².